The van der Waals surface area contributed by atoms with Crippen molar-refractivity contribution in [2.45, 2.75) is 26.1 Å². The fourth-order valence-electron chi connectivity index (χ4n) is 4.75. The number of likely N-dealkylation sites (tertiary alicyclic amines) is 1. The van der Waals surface area contributed by atoms with Gasteiger partial charge in [-0.1, -0.05) is 66.8 Å². The van der Waals surface area contributed by atoms with Gasteiger partial charge in [-0.15, -0.1) is 11.3 Å². The van der Waals surface area contributed by atoms with Crippen molar-refractivity contribution >= 4 is 11.3 Å². The molecule has 182 valence electrons. The van der Waals surface area contributed by atoms with E-state index in [-0.39, 0.29) is 18.1 Å². The van der Waals surface area contributed by atoms with Crippen molar-refractivity contribution in [3.8, 4) is 11.1 Å². The van der Waals surface area contributed by atoms with Gasteiger partial charge in [0, 0.05) is 48.3 Å². The first kappa shape index (κ1) is 23.9. The van der Waals surface area contributed by atoms with Crippen molar-refractivity contribution in [3.05, 3.63) is 106 Å². The number of alkyl halides is 3. The van der Waals surface area contributed by atoms with E-state index in [1.54, 1.807) is 36.4 Å². The van der Waals surface area contributed by atoms with E-state index in [1.165, 1.54) is 16.7 Å². The summed E-state index contributed by atoms with van der Waals surface area (Å²) in [6.07, 6.45) is 7.02. The highest BCUT2D eigenvalue weighted by Crippen LogP contribution is 2.43. The van der Waals surface area contributed by atoms with Gasteiger partial charge in [-0.05, 0) is 35.8 Å². The van der Waals surface area contributed by atoms with Gasteiger partial charge in [0.15, 0.2) is 0 Å². The second-order valence-electron chi connectivity index (χ2n) is 9.53. The molecule has 0 saturated carbocycles. The lowest BCUT2D eigenvalue weighted by Crippen LogP contribution is -2.47. The lowest BCUT2D eigenvalue weighted by molar-refractivity contribution is -0.133. The first-order valence-corrected chi connectivity index (χ1v) is 12.6. The fourth-order valence-corrected chi connectivity index (χ4v) is 5.70. The molecule has 2 heterocycles. The van der Waals surface area contributed by atoms with Crippen LogP contribution in [-0.2, 0) is 17.5 Å². The molecule has 1 fully saturated rings. The Bertz CT molecular complexity index is 1230. The molecule has 1 aromatic carbocycles. The van der Waals surface area contributed by atoms with Crippen molar-refractivity contribution in [3.63, 3.8) is 0 Å². The molecular formula is C29H28F3NOS. The van der Waals surface area contributed by atoms with Crippen molar-refractivity contribution in [1.82, 2.24) is 4.90 Å². The zero-order valence-electron chi connectivity index (χ0n) is 19.6. The highest BCUT2D eigenvalue weighted by molar-refractivity contribution is 7.12. The smallest absolute Gasteiger partial charge is 0.426 e. The van der Waals surface area contributed by atoms with Gasteiger partial charge < -0.3 is 4.74 Å². The minimum atomic E-state index is -4.39. The number of fused-ring (bicyclic) bond motifs is 1. The maximum Gasteiger partial charge on any atom is 0.426 e. The van der Waals surface area contributed by atoms with Crippen molar-refractivity contribution in [2.75, 3.05) is 19.6 Å². The Hall–Kier alpha value is -2.83. The number of thiophene rings is 1. The van der Waals surface area contributed by atoms with Gasteiger partial charge >= 0.3 is 6.18 Å². The van der Waals surface area contributed by atoms with E-state index in [0.717, 1.165) is 43.2 Å². The van der Waals surface area contributed by atoms with Gasteiger partial charge in [-0.2, -0.15) is 13.2 Å². The van der Waals surface area contributed by atoms with Gasteiger partial charge in [0.1, 0.15) is 11.5 Å². The third-order valence-corrected chi connectivity index (χ3v) is 7.94. The molecule has 2 aromatic rings. The van der Waals surface area contributed by atoms with E-state index >= 15 is 0 Å². The first-order valence-electron chi connectivity index (χ1n) is 11.8. The summed E-state index contributed by atoms with van der Waals surface area (Å²) >= 11 is 0.762. The summed E-state index contributed by atoms with van der Waals surface area (Å²) in [7, 11) is 0. The summed E-state index contributed by atoms with van der Waals surface area (Å²) in [6, 6.07) is 10.3. The predicted octanol–water partition coefficient (Wildman–Crippen LogP) is 7.78. The average molecular weight is 496 g/mol. The lowest BCUT2D eigenvalue weighted by Gasteiger charge is -2.40. The number of allylic oxidation sites excluding steroid dienone is 6. The van der Waals surface area contributed by atoms with Gasteiger partial charge in [0.05, 0.1) is 5.76 Å². The van der Waals surface area contributed by atoms with Crippen LogP contribution in [0.5, 0.6) is 0 Å². The molecule has 1 atom stereocenters. The molecule has 0 spiro atoms. The molecular weight excluding hydrogens is 467 g/mol. The van der Waals surface area contributed by atoms with E-state index < -0.39 is 11.1 Å². The summed E-state index contributed by atoms with van der Waals surface area (Å²) in [5, 5.41) is 0. The van der Waals surface area contributed by atoms with E-state index in [2.05, 4.69) is 42.7 Å². The number of nitrogens with zero attached hydrogens (tertiary/aromatic N) is 1. The van der Waals surface area contributed by atoms with E-state index in [0.29, 0.717) is 16.4 Å². The Balaban J connectivity index is 1.23. The Morgan fingerprint density at radius 2 is 1.94 bits per heavy atom. The minimum absolute atomic E-state index is 0.131. The number of hydrogen-bond donors (Lipinski definition) is 0. The molecule has 2 aliphatic carbocycles. The molecule has 35 heavy (non-hydrogen) atoms. The van der Waals surface area contributed by atoms with E-state index in [1.807, 2.05) is 6.08 Å². The monoisotopic (exact) mass is 495 g/mol. The topological polar surface area (TPSA) is 12.5 Å². The highest BCUT2D eigenvalue weighted by atomic mass is 32.1. The number of rotatable bonds is 7. The van der Waals surface area contributed by atoms with Crippen LogP contribution in [0.2, 0.25) is 0 Å². The molecule has 1 aromatic heterocycles. The van der Waals surface area contributed by atoms with Gasteiger partial charge in [0.25, 0.3) is 0 Å². The standard InChI is InChI=1S/C29H28F3NOS/c1-19(2)24-16-33(17-24)15-20-8-9-23-13-25(11-10-22(23)12-20)34-18-26-14-27(21-6-4-3-5-7-21)28(35-26)29(30,31)32/h3-12,14,23-24H,1,13,15-18H2,2H3. The number of hydrogen-bond acceptors (Lipinski definition) is 3. The Morgan fingerprint density at radius 3 is 2.66 bits per heavy atom. The molecule has 1 saturated heterocycles. The molecule has 0 bridgehead atoms. The summed E-state index contributed by atoms with van der Waals surface area (Å²) in [6.45, 7) is 9.38. The maximum absolute atomic E-state index is 13.6. The van der Waals surface area contributed by atoms with Crippen LogP contribution in [0.25, 0.3) is 11.1 Å². The first-order chi connectivity index (χ1) is 16.8. The molecule has 6 heteroatoms. The zero-order chi connectivity index (χ0) is 24.6. The van der Waals surface area contributed by atoms with Crippen molar-refractivity contribution in [1.29, 1.82) is 0 Å². The minimum Gasteiger partial charge on any atom is -0.492 e. The molecule has 3 aliphatic rings. The zero-order valence-corrected chi connectivity index (χ0v) is 20.5. The van der Waals surface area contributed by atoms with Crippen LogP contribution >= 0.6 is 11.3 Å². The number of ether oxygens (including phenoxy) is 1. The van der Waals surface area contributed by atoms with Crippen LogP contribution in [0.3, 0.4) is 0 Å². The molecule has 2 nitrogen and oxygen atoms in total. The molecule has 1 aliphatic heterocycles. The van der Waals surface area contributed by atoms with Crippen LogP contribution in [0.4, 0.5) is 13.2 Å². The molecule has 5 rings (SSSR count). The summed E-state index contributed by atoms with van der Waals surface area (Å²) < 4.78 is 46.9. The maximum atomic E-state index is 13.6. The number of halogens is 3. The number of benzene rings is 1. The van der Waals surface area contributed by atoms with Crippen molar-refractivity contribution < 1.29 is 17.9 Å². The van der Waals surface area contributed by atoms with Crippen LogP contribution in [0.15, 0.2) is 95.8 Å². The SMILES string of the molecule is C=C(C)C1CN(CC2=CC3=CC=C(OCc4cc(-c5ccccc5)c(C(F)(F)F)s4)CC3C=C2)C1. The van der Waals surface area contributed by atoms with Crippen LogP contribution in [0, 0.1) is 11.8 Å². The quantitative estimate of drug-likeness (QED) is 0.364. The Kier molecular flexibility index (Phi) is 6.60. The van der Waals surface area contributed by atoms with Crippen LogP contribution in [0.1, 0.15) is 23.1 Å². The molecule has 0 amide bonds. The van der Waals surface area contributed by atoms with Crippen LogP contribution in [-0.4, -0.2) is 24.5 Å². The van der Waals surface area contributed by atoms with Crippen LogP contribution < -0.4 is 0 Å². The molecule has 0 N–H and O–H groups in total. The second kappa shape index (κ2) is 9.67. The fraction of sp³-hybridized carbons (Fsp3) is 0.310. The van der Waals surface area contributed by atoms with E-state index in [4.69, 9.17) is 4.74 Å². The predicted molar refractivity (Wildman–Crippen MR) is 136 cm³/mol. The molecule has 1 unspecified atom stereocenters. The summed E-state index contributed by atoms with van der Waals surface area (Å²) in [5.41, 5.74) is 4.60. The highest BCUT2D eigenvalue weighted by Gasteiger charge is 2.36. The third-order valence-electron chi connectivity index (χ3n) is 6.79. The normalized spacial score (nSPS) is 20.5. The van der Waals surface area contributed by atoms with Gasteiger partial charge in [-0.25, -0.2) is 0 Å². The van der Waals surface area contributed by atoms with Gasteiger partial charge in [-0.3, -0.25) is 4.90 Å². The van der Waals surface area contributed by atoms with E-state index in [9.17, 15) is 13.2 Å². The average Bonchev–Trinajstić information content (AvgIpc) is 3.25. The van der Waals surface area contributed by atoms with Gasteiger partial charge in [0.2, 0.25) is 0 Å². The summed E-state index contributed by atoms with van der Waals surface area (Å²) in [4.78, 5) is 2.42. The second-order valence-corrected chi connectivity index (χ2v) is 10.7. The third kappa shape index (κ3) is 5.39. The largest absolute Gasteiger partial charge is 0.492 e. The lowest BCUT2D eigenvalue weighted by atomic mass is 9.84. The van der Waals surface area contributed by atoms with Crippen molar-refractivity contribution in [2.24, 2.45) is 11.8 Å². The molecule has 0 radical (unpaired) electrons. The summed E-state index contributed by atoms with van der Waals surface area (Å²) in [5.74, 6) is 1.66. The Labute approximate surface area is 208 Å². The Morgan fingerprint density at radius 1 is 1.17 bits per heavy atom.